The van der Waals surface area contributed by atoms with E-state index in [0.29, 0.717) is 10.4 Å². The number of hydrogen-bond donors (Lipinski definition) is 2. The lowest BCUT2D eigenvalue weighted by molar-refractivity contribution is -0.137. The van der Waals surface area contributed by atoms with Gasteiger partial charge in [0.05, 0.1) is 10.4 Å². The maximum Gasteiger partial charge on any atom is 0.416 e. The van der Waals surface area contributed by atoms with Gasteiger partial charge in [0, 0.05) is 6.54 Å². The van der Waals surface area contributed by atoms with E-state index < -0.39 is 23.7 Å². The van der Waals surface area contributed by atoms with Crippen LogP contribution in [0, 0.1) is 0 Å². The van der Waals surface area contributed by atoms with Crippen molar-refractivity contribution in [2.24, 2.45) is 0 Å². The molecule has 0 saturated heterocycles. The molecule has 24 heavy (non-hydrogen) atoms. The number of halogens is 3. The quantitative estimate of drug-likeness (QED) is 0.864. The molecule has 2 aromatic rings. The summed E-state index contributed by atoms with van der Waals surface area (Å²) in [6.07, 6.45) is -4.43. The van der Waals surface area contributed by atoms with Crippen molar-refractivity contribution in [2.45, 2.75) is 25.7 Å². The van der Waals surface area contributed by atoms with Crippen molar-refractivity contribution in [1.29, 1.82) is 0 Å². The fourth-order valence-electron chi connectivity index (χ4n) is 1.94. The summed E-state index contributed by atoms with van der Waals surface area (Å²) >= 11 is 1.25. The lowest BCUT2D eigenvalue weighted by atomic mass is 10.1. The molecule has 4 nitrogen and oxygen atoms in total. The molecule has 128 valence electrons. The molecular formula is C16H15F3N2O2S. The molecule has 1 heterocycles. The van der Waals surface area contributed by atoms with Gasteiger partial charge in [0.2, 0.25) is 5.91 Å². The van der Waals surface area contributed by atoms with E-state index >= 15 is 0 Å². The van der Waals surface area contributed by atoms with E-state index in [4.69, 9.17) is 0 Å². The van der Waals surface area contributed by atoms with Crippen LogP contribution >= 0.6 is 11.3 Å². The number of rotatable bonds is 5. The Labute approximate surface area is 140 Å². The molecule has 0 fully saturated rings. The molecule has 0 bridgehead atoms. The minimum absolute atomic E-state index is 0.0536. The predicted octanol–water partition coefficient (Wildman–Crippen LogP) is 3.20. The summed E-state index contributed by atoms with van der Waals surface area (Å²) in [5.41, 5.74) is -0.441. The van der Waals surface area contributed by atoms with Gasteiger partial charge in [-0.1, -0.05) is 18.2 Å². The molecule has 0 aliphatic rings. The second-order valence-corrected chi connectivity index (χ2v) is 6.04. The van der Waals surface area contributed by atoms with Crippen LogP contribution in [0.3, 0.4) is 0 Å². The average molecular weight is 356 g/mol. The number of amides is 2. The molecule has 0 aliphatic heterocycles. The number of hydrogen-bond acceptors (Lipinski definition) is 3. The van der Waals surface area contributed by atoms with E-state index in [0.717, 1.165) is 12.1 Å². The summed E-state index contributed by atoms with van der Waals surface area (Å²) in [4.78, 5) is 24.3. The monoisotopic (exact) mass is 356 g/mol. The maximum absolute atomic E-state index is 12.6. The van der Waals surface area contributed by atoms with Crippen LogP contribution in [0.2, 0.25) is 0 Å². The zero-order valence-corrected chi connectivity index (χ0v) is 13.5. The van der Waals surface area contributed by atoms with Gasteiger partial charge in [-0.3, -0.25) is 9.59 Å². The van der Waals surface area contributed by atoms with Gasteiger partial charge in [0.1, 0.15) is 6.04 Å². The van der Waals surface area contributed by atoms with Crippen LogP contribution in [0.1, 0.15) is 27.7 Å². The van der Waals surface area contributed by atoms with Crippen molar-refractivity contribution in [2.75, 3.05) is 0 Å². The first kappa shape index (κ1) is 18.0. The van der Waals surface area contributed by atoms with Crippen molar-refractivity contribution in [3.8, 4) is 0 Å². The molecule has 1 aromatic carbocycles. The number of thiophene rings is 1. The summed E-state index contributed by atoms with van der Waals surface area (Å²) in [5.74, 6) is -0.843. The number of carbonyl (C=O) groups excluding carboxylic acids is 2. The average Bonchev–Trinajstić information content (AvgIpc) is 3.06. The standard InChI is InChI=1S/C16H15F3N2O2S/c1-10(21-15(23)13-6-3-7-24-13)14(22)20-9-11-4-2-5-12(8-11)16(17,18)19/h2-8,10H,9H2,1H3,(H,20,22)(H,21,23). The molecule has 1 aromatic heterocycles. The van der Waals surface area contributed by atoms with Crippen molar-refractivity contribution >= 4 is 23.2 Å². The topological polar surface area (TPSA) is 58.2 Å². The Bertz CT molecular complexity index is 714. The molecule has 0 aliphatic carbocycles. The lowest BCUT2D eigenvalue weighted by Crippen LogP contribution is -2.44. The molecule has 0 saturated carbocycles. The Morgan fingerprint density at radius 2 is 1.96 bits per heavy atom. The smallest absolute Gasteiger partial charge is 0.350 e. The molecule has 0 radical (unpaired) electrons. The SMILES string of the molecule is CC(NC(=O)c1cccs1)C(=O)NCc1cccc(C(F)(F)F)c1. The van der Waals surface area contributed by atoms with Gasteiger partial charge >= 0.3 is 6.18 Å². The Morgan fingerprint density at radius 3 is 2.58 bits per heavy atom. The fourth-order valence-corrected chi connectivity index (χ4v) is 2.57. The highest BCUT2D eigenvalue weighted by Crippen LogP contribution is 2.29. The van der Waals surface area contributed by atoms with Crippen molar-refractivity contribution in [3.05, 3.63) is 57.8 Å². The minimum atomic E-state index is -4.43. The van der Waals surface area contributed by atoms with E-state index in [1.165, 1.54) is 30.4 Å². The van der Waals surface area contributed by atoms with Crippen LogP contribution in [0.15, 0.2) is 41.8 Å². The summed E-state index contributed by atoms with van der Waals surface area (Å²) in [5, 5.41) is 6.79. The first-order valence-corrected chi connectivity index (χ1v) is 7.93. The zero-order chi connectivity index (χ0) is 17.7. The van der Waals surface area contributed by atoms with Crippen LogP contribution < -0.4 is 10.6 Å². The van der Waals surface area contributed by atoms with Crippen molar-refractivity contribution in [3.63, 3.8) is 0 Å². The molecular weight excluding hydrogens is 341 g/mol. The number of alkyl halides is 3. The normalized spacial score (nSPS) is 12.5. The van der Waals surface area contributed by atoms with E-state index in [1.54, 1.807) is 17.5 Å². The summed E-state index contributed by atoms with van der Waals surface area (Å²) in [6, 6.07) is 7.28. The first-order chi connectivity index (χ1) is 11.3. The summed E-state index contributed by atoms with van der Waals surface area (Å²) < 4.78 is 37.9. The van der Waals surface area contributed by atoms with Crippen LogP contribution in [0.5, 0.6) is 0 Å². The number of carbonyl (C=O) groups is 2. The van der Waals surface area contributed by atoms with Crippen LogP contribution in [0.25, 0.3) is 0 Å². The van der Waals surface area contributed by atoms with Gasteiger partial charge in [-0.2, -0.15) is 13.2 Å². The molecule has 2 amide bonds. The van der Waals surface area contributed by atoms with E-state index in [9.17, 15) is 22.8 Å². The van der Waals surface area contributed by atoms with Gasteiger partial charge in [-0.25, -0.2) is 0 Å². The Balaban J connectivity index is 1.89. The third kappa shape index (κ3) is 4.82. The Hall–Kier alpha value is -2.35. The molecule has 1 atom stereocenters. The highest BCUT2D eigenvalue weighted by molar-refractivity contribution is 7.12. The molecule has 2 rings (SSSR count). The Morgan fingerprint density at radius 1 is 1.21 bits per heavy atom. The molecule has 8 heteroatoms. The minimum Gasteiger partial charge on any atom is -0.350 e. The highest BCUT2D eigenvalue weighted by atomic mass is 32.1. The van der Waals surface area contributed by atoms with Crippen molar-refractivity contribution < 1.29 is 22.8 Å². The molecule has 0 spiro atoms. The van der Waals surface area contributed by atoms with Gasteiger partial charge in [0.25, 0.3) is 5.91 Å². The van der Waals surface area contributed by atoms with Gasteiger partial charge in [-0.05, 0) is 36.1 Å². The van der Waals surface area contributed by atoms with Gasteiger partial charge < -0.3 is 10.6 Å². The second-order valence-electron chi connectivity index (χ2n) is 5.09. The largest absolute Gasteiger partial charge is 0.416 e. The summed E-state index contributed by atoms with van der Waals surface area (Å²) in [7, 11) is 0. The lowest BCUT2D eigenvalue weighted by Gasteiger charge is -2.14. The van der Waals surface area contributed by atoms with Gasteiger partial charge in [0.15, 0.2) is 0 Å². The third-order valence-electron chi connectivity index (χ3n) is 3.21. The fraction of sp³-hybridized carbons (Fsp3) is 0.250. The summed E-state index contributed by atoms with van der Waals surface area (Å²) in [6.45, 7) is 1.45. The van der Waals surface area contributed by atoms with E-state index in [1.807, 2.05) is 0 Å². The molecule has 2 N–H and O–H groups in total. The van der Waals surface area contributed by atoms with E-state index in [-0.39, 0.29) is 12.5 Å². The van der Waals surface area contributed by atoms with Crippen LogP contribution in [0.4, 0.5) is 13.2 Å². The maximum atomic E-state index is 12.6. The van der Waals surface area contributed by atoms with Crippen molar-refractivity contribution in [1.82, 2.24) is 10.6 Å². The second kappa shape index (κ2) is 7.48. The number of benzene rings is 1. The Kier molecular flexibility index (Phi) is 5.61. The first-order valence-electron chi connectivity index (χ1n) is 7.05. The van der Waals surface area contributed by atoms with Gasteiger partial charge in [-0.15, -0.1) is 11.3 Å². The molecule has 1 unspecified atom stereocenters. The highest BCUT2D eigenvalue weighted by Gasteiger charge is 2.30. The van der Waals surface area contributed by atoms with E-state index in [2.05, 4.69) is 10.6 Å². The van der Waals surface area contributed by atoms with Crippen LogP contribution in [-0.4, -0.2) is 17.9 Å². The third-order valence-corrected chi connectivity index (χ3v) is 4.08. The number of nitrogens with one attached hydrogen (secondary N) is 2. The van der Waals surface area contributed by atoms with Crippen LogP contribution in [-0.2, 0) is 17.5 Å². The zero-order valence-electron chi connectivity index (χ0n) is 12.7. The predicted molar refractivity (Wildman–Crippen MR) is 84.5 cm³/mol.